The van der Waals surface area contributed by atoms with E-state index in [1.165, 1.54) is 6.07 Å². The lowest BCUT2D eigenvalue weighted by molar-refractivity contribution is -0.134. The van der Waals surface area contributed by atoms with Crippen molar-refractivity contribution in [3.63, 3.8) is 0 Å². The number of piperidine rings is 1. The Bertz CT molecular complexity index is 710. The van der Waals surface area contributed by atoms with Gasteiger partial charge >= 0.3 is 0 Å². The number of rotatable bonds is 7. The van der Waals surface area contributed by atoms with Gasteiger partial charge < -0.3 is 9.80 Å². The molecule has 1 aliphatic carbocycles. The summed E-state index contributed by atoms with van der Waals surface area (Å²) in [4.78, 5) is 17.0. The van der Waals surface area contributed by atoms with Crippen LogP contribution in [-0.4, -0.2) is 62.4 Å². The van der Waals surface area contributed by atoms with Crippen molar-refractivity contribution in [2.24, 2.45) is 0 Å². The summed E-state index contributed by atoms with van der Waals surface area (Å²) in [5.41, 5.74) is 0. The highest BCUT2D eigenvalue weighted by Gasteiger charge is 2.38. The summed E-state index contributed by atoms with van der Waals surface area (Å²) in [6.07, 6.45) is 3.97. The minimum Gasteiger partial charge on any atom is -0.335 e. The topological polar surface area (TPSA) is 69.7 Å². The third kappa shape index (κ3) is 4.74. The van der Waals surface area contributed by atoms with Crippen molar-refractivity contribution >= 4 is 38.9 Å². The first-order chi connectivity index (χ1) is 11.9. The molecule has 3 rings (SSSR count). The normalized spacial score (nSPS) is 19.9. The van der Waals surface area contributed by atoms with Crippen LogP contribution in [0.4, 0.5) is 0 Å². The maximum absolute atomic E-state index is 12.7. The van der Waals surface area contributed by atoms with E-state index in [2.05, 4.69) is 16.5 Å². The number of carbonyl (C=O) groups excluding carboxylic acids is 1. The molecule has 1 N–H and O–H groups in total. The van der Waals surface area contributed by atoms with Crippen molar-refractivity contribution < 1.29 is 13.2 Å². The summed E-state index contributed by atoms with van der Waals surface area (Å²) < 4.78 is 27.5. The van der Waals surface area contributed by atoms with E-state index in [1.54, 1.807) is 6.07 Å². The lowest BCUT2D eigenvalue weighted by Gasteiger charge is -2.38. The van der Waals surface area contributed by atoms with Crippen LogP contribution >= 0.6 is 22.9 Å². The Morgan fingerprint density at radius 3 is 2.44 bits per heavy atom. The molecule has 0 aromatic carbocycles. The number of nitrogens with one attached hydrogen (secondary N) is 1. The second-order valence-corrected chi connectivity index (χ2v) is 10.3. The van der Waals surface area contributed by atoms with E-state index < -0.39 is 10.0 Å². The Hall–Kier alpha value is -0.670. The lowest BCUT2D eigenvalue weighted by atomic mass is 10.0. The van der Waals surface area contributed by atoms with Gasteiger partial charge in [0, 0.05) is 25.2 Å². The van der Waals surface area contributed by atoms with Crippen LogP contribution in [0, 0.1) is 0 Å². The molecule has 1 aromatic heterocycles. The van der Waals surface area contributed by atoms with E-state index in [1.807, 2.05) is 4.90 Å². The van der Waals surface area contributed by atoms with Crippen LogP contribution in [0.5, 0.6) is 0 Å². The lowest BCUT2D eigenvalue weighted by Crippen LogP contribution is -2.51. The molecule has 0 bridgehead atoms. The zero-order valence-corrected chi connectivity index (χ0v) is 16.7. The number of thiophene rings is 1. The predicted octanol–water partition coefficient (Wildman–Crippen LogP) is 2.16. The van der Waals surface area contributed by atoms with E-state index in [0.29, 0.717) is 4.34 Å². The largest absolute Gasteiger partial charge is 0.335 e. The quantitative estimate of drug-likeness (QED) is 0.754. The first kappa shape index (κ1) is 19.1. The number of likely N-dealkylation sites (tertiary alicyclic amines) is 1. The molecule has 2 heterocycles. The molecule has 1 saturated carbocycles. The molecule has 1 amide bonds. The van der Waals surface area contributed by atoms with Crippen molar-refractivity contribution in [1.82, 2.24) is 14.5 Å². The fraction of sp³-hybridized carbons (Fsp3) is 0.688. The van der Waals surface area contributed by atoms with Gasteiger partial charge in [-0.05, 0) is 44.4 Å². The monoisotopic (exact) mass is 405 g/mol. The van der Waals surface area contributed by atoms with E-state index in [0.717, 1.165) is 56.7 Å². The van der Waals surface area contributed by atoms with Gasteiger partial charge in [-0.2, -0.15) is 0 Å². The van der Waals surface area contributed by atoms with Gasteiger partial charge in [0.1, 0.15) is 4.21 Å². The van der Waals surface area contributed by atoms with Crippen molar-refractivity contribution in [2.75, 3.05) is 26.2 Å². The van der Waals surface area contributed by atoms with Crippen molar-refractivity contribution in [2.45, 2.75) is 48.9 Å². The first-order valence-electron chi connectivity index (χ1n) is 8.69. The molecule has 0 unspecified atom stereocenters. The van der Waals surface area contributed by atoms with Crippen LogP contribution in [0.1, 0.15) is 32.6 Å². The van der Waals surface area contributed by atoms with Gasteiger partial charge in [0.25, 0.3) is 10.0 Å². The smallest absolute Gasteiger partial charge is 0.250 e. The van der Waals surface area contributed by atoms with E-state index in [9.17, 15) is 13.2 Å². The van der Waals surface area contributed by atoms with Crippen LogP contribution in [-0.2, 0) is 14.8 Å². The summed E-state index contributed by atoms with van der Waals surface area (Å²) >= 11 is 6.79. The zero-order chi connectivity index (χ0) is 18.0. The fourth-order valence-corrected chi connectivity index (χ4v) is 5.83. The minimum absolute atomic E-state index is 0.122. The number of halogens is 1. The number of hydrogen-bond donors (Lipinski definition) is 1. The maximum Gasteiger partial charge on any atom is 0.250 e. The molecule has 9 heteroatoms. The van der Waals surface area contributed by atoms with Crippen molar-refractivity contribution in [1.29, 1.82) is 0 Å². The van der Waals surface area contributed by atoms with Crippen LogP contribution in [0.25, 0.3) is 0 Å². The second kappa shape index (κ2) is 7.92. The molecule has 1 aromatic rings. The summed E-state index contributed by atoms with van der Waals surface area (Å²) in [6, 6.07) is 3.51. The molecule has 1 saturated heterocycles. The second-order valence-electron chi connectivity index (χ2n) is 6.58. The number of nitrogens with zero attached hydrogens (tertiary/aromatic N) is 2. The number of hydrogen-bond acceptors (Lipinski definition) is 5. The van der Waals surface area contributed by atoms with Crippen molar-refractivity contribution in [3.05, 3.63) is 16.5 Å². The Balaban J connectivity index is 1.60. The highest BCUT2D eigenvalue weighted by molar-refractivity contribution is 7.91. The van der Waals surface area contributed by atoms with Gasteiger partial charge in [0.2, 0.25) is 5.91 Å². The number of amides is 1. The van der Waals surface area contributed by atoms with Crippen LogP contribution in [0.15, 0.2) is 16.3 Å². The minimum atomic E-state index is -3.69. The van der Waals surface area contributed by atoms with Gasteiger partial charge in [-0.3, -0.25) is 4.79 Å². The molecule has 2 fully saturated rings. The molecule has 0 atom stereocenters. The molecule has 0 spiro atoms. The molecule has 25 heavy (non-hydrogen) atoms. The Morgan fingerprint density at radius 2 is 1.92 bits per heavy atom. The molecule has 0 radical (unpaired) electrons. The Labute approximate surface area is 158 Å². The van der Waals surface area contributed by atoms with E-state index in [4.69, 9.17) is 11.6 Å². The van der Waals surface area contributed by atoms with E-state index in [-0.39, 0.29) is 28.7 Å². The van der Waals surface area contributed by atoms with Crippen LogP contribution in [0.3, 0.4) is 0 Å². The molecule has 140 valence electrons. The Kier molecular flexibility index (Phi) is 6.05. The van der Waals surface area contributed by atoms with Crippen LogP contribution in [0.2, 0.25) is 4.34 Å². The molecular formula is C16H24ClN3O3S2. The summed E-state index contributed by atoms with van der Waals surface area (Å²) in [5.74, 6) is -0.122. The third-order valence-corrected chi connectivity index (χ3v) is 7.98. The Morgan fingerprint density at radius 1 is 1.28 bits per heavy atom. The van der Waals surface area contributed by atoms with Gasteiger partial charge in [0.15, 0.2) is 0 Å². The third-order valence-electron chi connectivity index (χ3n) is 4.85. The summed E-state index contributed by atoms with van der Waals surface area (Å²) in [5, 5.41) is 0. The van der Waals surface area contributed by atoms with Gasteiger partial charge in [-0.15, -0.1) is 11.3 Å². The van der Waals surface area contributed by atoms with Crippen molar-refractivity contribution in [3.8, 4) is 0 Å². The summed E-state index contributed by atoms with van der Waals surface area (Å²) in [6.45, 7) is 4.99. The number of sulfonamides is 1. The predicted molar refractivity (Wildman–Crippen MR) is 99.5 cm³/mol. The molecule has 6 nitrogen and oxygen atoms in total. The van der Waals surface area contributed by atoms with E-state index >= 15 is 0 Å². The van der Waals surface area contributed by atoms with Gasteiger partial charge in [-0.25, -0.2) is 13.1 Å². The standard InChI is InChI=1S/C16H24ClN3O3S2/c1-2-19-9-7-13(8-10-19)20(12-3-4-12)15(21)11-18-25(22,23)16-6-5-14(17)24-16/h5-6,12-13,18H,2-4,7-11H2,1H3. The fourth-order valence-electron chi connectivity index (χ4n) is 3.33. The number of carbonyl (C=O) groups is 1. The summed E-state index contributed by atoms with van der Waals surface area (Å²) in [7, 11) is -3.69. The maximum atomic E-state index is 12.7. The van der Waals surface area contributed by atoms with Gasteiger partial charge in [-0.1, -0.05) is 18.5 Å². The molecule has 2 aliphatic rings. The zero-order valence-electron chi connectivity index (χ0n) is 14.3. The van der Waals surface area contributed by atoms with Crippen LogP contribution < -0.4 is 4.72 Å². The van der Waals surface area contributed by atoms with Gasteiger partial charge in [0.05, 0.1) is 10.9 Å². The molecular weight excluding hydrogens is 382 g/mol. The average molecular weight is 406 g/mol. The highest BCUT2D eigenvalue weighted by Crippen LogP contribution is 2.32. The first-order valence-corrected chi connectivity index (χ1v) is 11.4. The molecule has 1 aliphatic heterocycles. The average Bonchev–Trinajstić information content (AvgIpc) is 3.33. The SMILES string of the molecule is CCN1CCC(N(C(=O)CNS(=O)(=O)c2ccc(Cl)s2)C2CC2)CC1. The highest BCUT2D eigenvalue weighted by atomic mass is 35.5.